The lowest BCUT2D eigenvalue weighted by atomic mass is 9.98. The fourth-order valence-electron chi connectivity index (χ4n) is 1.99. The van der Waals surface area contributed by atoms with E-state index in [1.54, 1.807) is 4.90 Å². The summed E-state index contributed by atoms with van der Waals surface area (Å²) < 4.78 is 0. The van der Waals surface area contributed by atoms with Crippen molar-refractivity contribution in [1.82, 2.24) is 14.9 Å². The molecule has 0 bridgehead atoms. The first kappa shape index (κ1) is 11.0. The van der Waals surface area contributed by atoms with Crippen molar-refractivity contribution in [3.63, 3.8) is 0 Å². The van der Waals surface area contributed by atoms with E-state index >= 15 is 0 Å². The van der Waals surface area contributed by atoms with Crippen molar-refractivity contribution < 1.29 is 9.90 Å². The Kier molecular flexibility index (Phi) is 3.46. The molecule has 5 heteroatoms. The van der Waals surface area contributed by atoms with Gasteiger partial charge in [-0.15, -0.1) is 0 Å². The van der Waals surface area contributed by atoms with Crippen molar-refractivity contribution in [2.75, 3.05) is 19.7 Å². The highest BCUT2D eigenvalue weighted by Crippen LogP contribution is 2.17. The maximum atomic E-state index is 12.0. The fraction of sp³-hybridized carbons (Fsp3) is 0.545. The van der Waals surface area contributed by atoms with Crippen molar-refractivity contribution >= 4 is 5.91 Å². The van der Waals surface area contributed by atoms with Crippen molar-refractivity contribution in [3.05, 3.63) is 24.3 Å². The summed E-state index contributed by atoms with van der Waals surface area (Å²) in [5, 5.41) is 9.10. The minimum absolute atomic E-state index is 0.0428. The lowest BCUT2D eigenvalue weighted by Crippen LogP contribution is -2.41. The molecule has 1 fully saturated rings. The average Bonchev–Trinajstić information content (AvgIpc) is 2.39. The Morgan fingerprint density at radius 2 is 2.25 bits per heavy atom. The number of hydrogen-bond donors (Lipinski definition) is 1. The van der Waals surface area contributed by atoms with E-state index in [0.29, 0.717) is 12.1 Å². The highest BCUT2D eigenvalue weighted by atomic mass is 16.3. The van der Waals surface area contributed by atoms with Crippen LogP contribution in [0.15, 0.2) is 18.7 Å². The molecule has 5 nitrogen and oxygen atoms in total. The van der Waals surface area contributed by atoms with Crippen LogP contribution in [-0.4, -0.2) is 45.6 Å². The van der Waals surface area contributed by atoms with Gasteiger partial charge in [-0.2, -0.15) is 0 Å². The predicted molar refractivity (Wildman–Crippen MR) is 57.7 cm³/mol. The molecule has 0 aliphatic carbocycles. The van der Waals surface area contributed by atoms with Gasteiger partial charge in [-0.1, -0.05) is 0 Å². The van der Waals surface area contributed by atoms with E-state index in [4.69, 9.17) is 5.11 Å². The van der Waals surface area contributed by atoms with E-state index in [-0.39, 0.29) is 18.4 Å². The van der Waals surface area contributed by atoms with Gasteiger partial charge in [0.05, 0.1) is 5.56 Å². The van der Waals surface area contributed by atoms with Gasteiger partial charge >= 0.3 is 0 Å². The standard InChI is InChI=1S/C11H15N3O2/c15-7-9-2-1-3-14(6-9)11(16)10-4-12-8-13-5-10/h4-5,8-9,15H,1-3,6-7H2. The van der Waals surface area contributed by atoms with Crippen molar-refractivity contribution in [1.29, 1.82) is 0 Å². The van der Waals surface area contributed by atoms with Gasteiger partial charge in [-0.05, 0) is 18.8 Å². The van der Waals surface area contributed by atoms with Gasteiger partial charge in [-0.25, -0.2) is 9.97 Å². The Balaban J connectivity index is 2.05. The number of rotatable bonds is 2. The summed E-state index contributed by atoms with van der Waals surface area (Å²) >= 11 is 0. The zero-order chi connectivity index (χ0) is 11.4. The topological polar surface area (TPSA) is 66.3 Å². The molecule has 2 heterocycles. The molecule has 1 N–H and O–H groups in total. The van der Waals surface area contributed by atoms with Crippen LogP contribution >= 0.6 is 0 Å². The number of aromatic nitrogens is 2. The molecule has 1 unspecified atom stereocenters. The van der Waals surface area contributed by atoms with Crippen LogP contribution < -0.4 is 0 Å². The number of nitrogens with zero attached hydrogens (tertiary/aromatic N) is 3. The van der Waals surface area contributed by atoms with E-state index in [9.17, 15) is 4.79 Å². The van der Waals surface area contributed by atoms with Crippen LogP contribution in [0, 0.1) is 5.92 Å². The number of aliphatic hydroxyl groups is 1. The second-order valence-corrected chi connectivity index (χ2v) is 4.07. The Labute approximate surface area is 94.1 Å². The maximum absolute atomic E-state index is 12.0. The molecule has 1 atom stereocenters. The second-order valence-electron chi connectivity index (χ2n) is 4.07. The first-order valence-corrected chi connectivity index (χ1v) is 5.46. The lowest BCUT2D eigenvalue weighted by molar-refractivity contribution is 0.0620. The molecule has 0 radical (unpaired) electrons. The molecule has 0 aromatic carbocycles. The number of amides is 1. The summed E-state index contributed by atoms with van der Waals surface area (Å²) in [6.07, 6.45) is 6.40. The number of hydrogen-bond acceptors (Lipinski definition) is 4. The number of aliphatic hydroxyl groups excluding tert-OH is 1. The van der Waals surface area contributed by atoms with E-state index in [1.165, 1.54) is 18.7 Å². The maximum Gasteiger partial charge on any atom is 0.257 e. The zero-order valence-corrected chi connectivity index (χ0v) is 9.04. The lowest BCUT2D eigenvalue weighted by Gasteiger charge is -2.31. The third-order valence-electron chi connectivity index (χ3n) is 2.87. The Morgan fingerprint density at radius 1 is 1.50 bits per heavy atom. The van der Waals surface area contributed by atoms with Crippen LogP contribution in [0.5, 0.6) is 0 Å². The normalized spacial score (nSPS) is 20.8. The van der Waals surface area contributed by atoms with E-state index in [1.807, 2.05) is 0 Å². The van der Waals surface area contributed by atoms with Gasteiger partial charge in [0.15, 0.2) is 0 Å². The first-order valence-electron chi connectivity index (χ1n) is 5.46. The summed E-state index contributed by atoms with van der Waals surface area (Å²) in [7, 11) is 0. The monoisotopic (exact) mass is 221 g/mol. The molecule has 1 aromatic rings. The predicted octanol–water partition coefficient (Wildman–Crippen LogP) is 0.321. The summed E-state index contributed by atoms with van der Waals surface area (Å²) in [6, 6.07) is 0. The summed E-state index contributed by atoms with van der Waals surface area (Å²) in [6.45, 7) is 1.53. The molecule has 16 heavy (non-hydrogen) atoms. The van der Waals surface area contributed by atoms with Gasteiger partial charge in [0.25, 0.3) is 5.91 Å². The molecule has 86 valence electrons. The van der Waals surface area contributed by atoms with E-state index in [0.717, 1.165) is 19.4 Å². The minimum Gasteiger partial charge on any atom is -0.396 e. The average molecular weight is 221 g/mol. The first-order chi connectivity index (χ1) is 7.81. The SMILES string of the molecule is O=C(c1cncnc1)N1CCCC(CO)C1. The Hall–Kier alpha value is -1.49. The third-order valence-corrected chi connectivity index (χ3v) is 2.87. The van der Waals surface area contributed by atoms with Crippen LogP contribution in [0.25, 0.3) is 0 Å². The van der Waals surface area contributed by atoms with Gasteiger partial charge in [-0.3, -0.25) is 4.79 Å². The molecule has 2 rings (SSSR count). The van der Waals surface area contributed by atoms with E-state index in [2.05, 4.69) is 9.97 Å². The summed E-state index contributed by atoms with van der Waals surface area (Å²) in [5.41, 5.74) is 0.515. The van der Waals surface area contributed by atoms with Crippen molar-refractivity contribution in [2.24, 2.45) is 5.92 Å². The minimum atomic E-state index is -0.0428. The number of piperidine rings is 1. The van der Waals surface area contributed by atoms with Crippen LogP contribution in [0.4, 0.5) is 0 Å². The molecular weight excluding hydrogens is 206 g/mol. The van der Waals surface area contributed by atoms with Crippen LogP contribution in [-0.2, 0) is 0 Å². The third kappa shape index (κ3) is 2.36. The Bertz CT molecular complexity index is 356. The molecule has 1 saturated heterocycles. The largest absolute Gasteiger partial charge is 0.396 e. The van der Waals surface area contributed by atoms with Crippen LogP contribution in [0.2, 0.25) is 0 Å². The molecule has 1 aliphatic rings. The van der Waals surface area contributed by atoms with Crippen LogP contribution in [0.3, 0.4) is 0 Å². The number of carbonyl (C=O) groups excluding carboxylic acids is 1. The Morgan fingerprint density at radius 3 is 2.94 bits per heavy atom. The molecule has 0 spiro atoms. The van der Waals surface area contributed by atoms with Gasteiger partial charge in [0, 0.05) is 32.1 Å². The van der Waals surface area contributed by atoms with Gasteiger partial charge in [0.1, 0.15) is 6.33 Å². The summed E-state index contributed by atoms with van der Waals surface area (Å²) in [4.78, 5) is 21.5. The highest BCUT2D eigenvalue weighted by molar-refractivity contribution is 5.93. The quantitative estimate of drug-likeness (QED) is 0.781. The molecule has 1 aliphatic heterocycles. The van der Waals surface area contributed by atoms with Crippen LogP contribution in [0.1, 0.15) is 23.2 Å². The number of likely N-dealkylation sites (tertiary alicyclic amines) is 1. The highest BCUT2D eigenvalue weighted by Gasteiger charge is 2.24. The van der Waals surface area contributed by atoms with Gasteiger partial charge < -0.3 is 10.0 Å². The summed E-state index contributed by atoms with van der Waals surface area (Å²) in [5.74, 6) is 0.168. The van der Waals surface area contributed by atoms with Gasteiger partial charge in [0.2, 0.25) is 0 Å². The van der Waals surface area contributed by atoms with Crippen molar-refractivity contribution in [2.45, 2.75) is 12.8 Å². The van der Waals surface area contributed by atoms with E-state index < -0.39 is 0 Å². The smallest absolute Gasteiger partial charge is 0.257 e. The molecular formula is C11H15N3O2. The second kappa shape index (κ2) is 5.03. The number of carbonyl (C=O) groups is 1. The molecule has 1 amide bonds. The molecule has 1 aromatic heterocycles. The van der Waals surface area contributed by atoms with Crippen molar-refractivity contribution in [3.8, 4) is 0 Å². The molecule has 0 saturated carbocycles. The fourth-order valence-corrected chi connectivity index (χ4v) is 1.99. The zero-order valence-electron chi connectivity index (χ0n) is 9.04.